The lowest BCUT2D eigenvalue weighted by Gasteiger charge is -2.20. The summed E-state index contributed by atoms with van der Waals surface area (Å²) in [6.45, 7) is 2.71. The molecule has 4 heteroatoms. The van der Waals surface area contributed by atoms with Gasteiger partial charge in [0, 0.05) is 19.0 Å². The lowest BCUT2D eigenvalue weighted by Crippen LogP contribution is -2.42. The van der Waals surface area contributed by atoms with Gasteiger partial charge >= 0.3 is 0 Å². The highest BCUT2D eigenvalue weighted by Crippen LogP contribution is 2.29. The molecule has 2 unspecified atom stereocenters. The number of carbonyl (C=O) groups is 1. The summed E-state index contributed by atoms with van der Waals surface area (Å²) in [6, 6.07) is 8.29. The molecule has 2 aliphatic rings. The number of nitrogens with one attached hydrogen (secondary N) is 1. The van der Waals surface area contributed by atoms with Crippen LogP contribution in [0.1, 0.15) is 30.7 Å². The van der Waals surface area contributed by atoms with E-state index in [1.807, 2.05) is 17.0 Å². The molecule has 1 aromatic rings. The van der Waals surface area contributed by atoms with Gasteiger partial charge in [-0.2, -0.15) is 0 Å². The molecule has 0 bridgehead atoms. The molecule has 2 saturated heterocycles. The molecular weight excluding hydrogens is 252 g/mol. The van der Waals surface area contributed by atoms with Crippen molar-refractivity contribution in [3.8, 4) is 5.75 Å². The van der Waals surface area contributed by atoms with Crippen molar-refractivity contribution >= 4 is 5.91 Å². The average Bonchev–Trinajstić information content (AvgIpc) is 3.18. The van der Waals surface area contributed by atoms with E-state index in [4.69, 9.17) is 4.74 Å². The van der Waals surface area contributed by atoms with E-state index in [0.29, 0.717) is 11.8 Å². The highest BCUT2D eigenvalue weighted by Gasteiger charge is 2.32. The van der Waals surface area contributed by atoms with E-state index in [-0.39, 0.29) is 6.04 Å². The van der Waals surface area contributed by atoms with Crippen molar-refractivity contribution in [2.45, 2.75) is 31.2 Å². The van der Waals surface area contributed by atoms with E-state index in [0.717, 1.165) is 44.6 Å². The number of amides is 1. The topological polar surface area (TPSA) is 41.6 Å². The van der Waals surface area contributed by atoms with Gasteiger partial charge in [-0.1, -0.05) is 12.1 Å². The second-order valence-electron chi connectivity index (χ2n) is 5.69. The molecule has 0 radical (unpaired) electrons. The predicted molar refractivity (Wildman–Crippen MR) is 78.0 cm³/mol. The minimum absolute atomic E-state index is 0.0598. The highest BCUT2D eigenvalue weighted by atomic mass is 16.5. The third-order valence-corrected chi connectivity index (χ3v) is 4.45. The fraction of sp³-hybridized carbons (Fsp3) is 0.562. The summed E-state index contributed by atoms with van der Waals surface area (Å²) in [5.41, 5.74) is 1.31. The Morgan fingerprint density at radius 3 is 2.75 bits per heavy atom. The Hall–Kier alpha value is -1.55. The maximum absolute atomic E-state index is 12.4. The minimum atomic E-state index is 0.0598. The molecule has 1 N–H and O–H groups in total. The molecular formula is C16H22N2O2. The van der Waals surface area contributed by atoms with Crippen LogP contribution in [-0.2, 0) is 4.79 Å². The third-order valence-electron chi connectivity index (χ3n) is 4.45. The first-order valence-electron chi connectivity index (χ1n) is 7.44. The van der Waals surface area contributed by atoms with Crippen LogP contribution in [-0.4, -0.2) is 43.6 Å². The Morgan fingerprint density at radius 2 is 2.10 bits per heavy atom. The smallest absolute Gasteiger partial charge is 0.239 e. The zero-order chi connectivity index (χ0) is 13.9. The van der Waals surface area contributed by atoms with Gasteiger partial charge < -0.3 is 15.0 Å². The van der Waals surface area contributed by atoms with Gasteiger partial charge in [-0.15, -0.1) is 0 Å². The molecule has 0 aliphatic carbocycles. The van der Waals surface area contributed by atoms with Crippen molar-refractivity contribution in [1.29, 1.82) is 0 Å². The molecule has 0 aromatic heterocycles. The summed E-state index contributed by atoms with van der Waals surface area (Å²) >= 11 is 0. The number of carbonyl (C=O) groups excluding carboxylic acids is 1. The highest BCUT2D eigenvalue weighted by molar-refractivity contribution is 5.82. The van der Waals surface area contributed by atoms with Crippen LogP contribution in [0.5, 0.6) is 5.75 Å². The first kappa shape index (κ1) is 13.4. The second-order valence-corrected chi connectivity index (χ2v) is 5.69. The van der Waals surface area contributed by atoms with Crippen LogP contribution in [0.2, 0.25) is 0 Å². The molecule has 20 heavy (non-hydrogen) atoms. The van der Waals surface area contributed by atoms with Gasteiger partial charge in [-0.3, -0.25) is 4.79 Å². The van der Waals surface area contributed by atoms with Crippen LogP contribution < -0.4 is 10.1 Å². The summed E-state index contributed by atoms with van der Waals surface area (Å²) in [6.07, 6.45) is 3.17. The fourth-order valence-corrected chi connectivity index (χ4v) is 3.22. The number of methoxy groups -OCH3 is 1. The SMILES string of the molecule is COc1ccc(C2CCN(C(=O)C3CCCN3)C2)cc1. The Morgan fingerprint density at radius 1 is 1.30 bits per heavy atom. The number of hydrogen-bond donors (Lipinski definition) is 1. The van der Waals surface area contributed by atoms with Gasteiger partial charge in [-0.25, -0.2) is 0 Å². The lowest BCUT2D eigenvalue weighted by molar-refractivity contribution is -0.132. The predicted octanol–water partition coefficient (Wildman–Crippen LogP) is 1.76. The van der Waals surface area contributed by atoms with Crippen LogP contribution in [0.4, 0.5) is 0 Å². The first-order chi connectivity index (χ1) is 9.78. The maximum Gasteiger partial charge on any atom is 0.239 e. The van der Waals surface area contributed by atoms with E-state index in [1.54, 1.807) is 7.11 Å². The number of ether oxygens (including phenoxy) is 1. The molecule has 108 valence electrons. The molecule has 3 rings (SSSR count). The van der Waals surface area contributed by atoms with Crippen LogP contribution in [0.15, 0.2) is 24.3 Å². The van der Waals surface area contributed by atoms with Crippen molar-refractivity contribution in [2.24, 2.45) is 0 Å². The summed E-state index contributed by atoms with van der Waals surface area (Å²) in [5.74, 6) is 1.64. The van der Waals surface area contributed by atoms with E-state index in [2.05, 4.69) is 17.4 Å². The zero-order valence-electron chi connectivity index (χ0n) is 12.0. The summed E-state index contributed by atoms with van der Waals surface area (Å²) in [5, 5.41) is 3.30. The number of nitrogens with zero attached hydrogens (tertiary/aromatic N) is 1. The molecule has 2 atom stereocenters. The van der Waals surface area contributed by atoms with Gasteiger partial charge in [0.25, 0.3) is 0 Å². The number of benzene rings is 1. The van der Waals surface area contributed by atoms with Gasteiger partial charge in [0.2, 0.25) is 5.91 Å². The van der Waals surface area contributed by atoms with Crippen LogP contribution in [0.3, 0.4) is 0 Å². The zero-order valence-corrected chi connectivity index (χ0v) is 12.0. The largest absolute Gasteiger partial charge is 0.497 e. The van der Waals surface area contributed by atoms with Crippen LogP contribution in [0.25, 0.3) is 0 Å². The van der Waals surface area contributed by atoms with E-state index in [1.165, 1.54) is 5.56 Å². The fourth-order valence-electron chi connectivity index (χ4n) is 3.22. The summed E-state index contributed by atoms with van der Waals surface area (Å²) in [7, 11) is 1.68. The first-order valence-corrected chi connectivity index (χ1v) is 7.44. The van der Waals surface area contributed by atoms with Gasteiger partial charge in [0.05, 0.1) is 13.2 Å². The standard InChI is InChI=1S/C16H22N2O2/c1-20-14-6-4-12(5-7-14)13-8-10-18(11-13)16(19)15-3-2-9-17-15/h4-7,13,15,17H,2-3,8-11H2,1H3. The van der Waals surface area contributed by atoms with Gasteiger partial charge in [0.1, 0.15) is 5.75 Å². The van der Waals surface area contributed by atoms with Crippen molar-refractivity contribution in [3.05, 3.63) is 29.8 Å². The molecule has 2 aliphatic heterocycles. The van der Waals surface area contributed by atoms with Crippen molar-refractivity contribution in [3.63, 3.8) is 0 Å². The Balaban J connectivity index is 1.62. The second kappa shape index (κ2) is 5.83. The quantitative estimate of drug-likeness (QED) is 0.913. The molecule has 2 fully saturated rings. The van der Waals surface area contributed by atoms with E-state index >= 15 is 0 Å². The van der Waals surface area contributed by atoms with Crippen LogP contribution in [0, 0.1) is 0 Å². The Kier molecular flexibility index (Phi) is 3.92. The van der Waals surface area contributed by atoms with Gasteiger partial charge in [-0.05, 0) is 43.5 Å². The molecule has 2 heterocycles. The van der Waals surface area contributed by atoms with Crippen molar-refractivity contribution in [2.75, 3.05) is 26.7 Å². The average molecular weight is 274 g/mol. The lowest BCUT2D eigenvalue weighted by atomic mass is 9.98. The Labute approximate surface area is 120 Å². The van der Waals surface area contributed by atoms with E-state index < -0.39 is 0 Å². The van der Waals surface area contributed by atoms with Crippen LogP contribution >= 0.6 is 0 Å². The third kappa shape index (κ3) is 2.66. The summed E-state index contributed by atoms with van der Waals surface area (Å²) < 4.78 is 5.19. The minimum Gasteiger partial charge on any atom is -0.497 e. The summed E-state index contributed by atoms with van der Waals surface area (Å²) in [4.78, 5) is 14.4. The number of likely N-dealkylation sites (tertiary alicyclic amines) is 1. The number of hydrogen-bond acceptors (Lipinski definition) is 3. The molecule has 4 nitrogen and oxygen atoms in total. The Bertz CT molecular complexity index is 466. The number of rotatable bonds is 3. The van der Waals surface area contributed by atoms with E-state index in [9.17, 15) is 4.79 Å². The van der Waals surface area contributed by atoms with Crippen molar-refractivity contribution in [1.82, 2.24) is 10.2 Å². The molecule has 1 amide bonds. The molecule has 0 saturated carbocycles. The molecule has 1 aromatic carbocycles. The monoisotopic (exact) mass is 274 g/mol. The van der Waals surface area contributed by atoms with Crippen molar-refractivity contribution < 1.29 is 9.53 Å². The molecule has 0 spiro atoms. The normalized spacial score (nSPS) is 25.9. The maximum atomic E-state index is 12.4. The van der Waals surface area contributed by atoms with Gasteiger partial charge in [0.15, 0.2) is 0 Å².